The molecule has 116 valence electrons. The third kappa shape index (κ3) is 3.65. The van der Waals surface area contributed by atoms with E-state index in [1.807, 2.05) is 0 Å². The quantitative estimate of drug-likeness (QED) is 0.772. The zero-order valence-electron chi connectivity index (χ0n) is 13.6. The van der Waals surface area contributed by atoms with Crippen LogP contribution in [0.5, 0.6) is 0 Å². The summed E-state index contributed by atoms with van der Waals surface area (Å²) >= 11 is 0. The van der Waals surface area contributed by atoms with Gasteiger partial charge in [-0.1, -0.05) is 44.2 Å². The van der Waals surface area contributed by atoms with E-state index >= 15 is 0 Å². The highest BCUT2D eigenvalue weighted by molar-refractivity contribution is 5.70. The molecule has 1 aromatic rings. The molecule has 3 heteroatoms. The zero-order chi connectivity index (χ0) is 15.4. The second-order valence-corrected chi connectivity index (χ2v) is 6.41. The molecule has 21 heavy (non-hydrogen) atoms. The summed E-state index contributed by atoms with van der Waals surface area (Å²) in [7, 11) is 1.47. The molecule has 0 spiro atoms. The number of rotatable bonds is 5. The van der Waals surface area contributed by atoms with Crippen molar-refractivity contribution in [1.29, 1.82) is 0 Å². The molecule has 0 bridgehead atoms. The minimum atomic E-state index is -0.102. The van der Waals surface area contributed by atoms with Gasteiger partial charge in [-0.3, -0.25) is 9.69 Å². The Morgan fingerprint density at radius 3 is 2.52 bits per heavy atom. The number of ether oxygens (including phenoxy) is 1. The first-order valence-corrected chi connectivity index (χ1v) is 7.93. The molecule has 1 saturated heterocycles. The van der Waals surface area contributed by atoms with Gasteiger partial charge in [0.15, 0.2) is 0 Å². The average Bonchev–Trinajstić information content (AvgIpc) is 2.81. The van der Waals surface area contributed by atoms with Gasteiger partial charge in [-0.15, -0.1) is 0 Å². The van der Waals surface area contributed by atoms with Gasteiger partial charge < -0.3 is 4.74 Å². The van der Waals surface area contributed by atoms with Gasteiger partial charge in [0, 0.05) is 18.1 Å². The van der Waals surface area contributed by atoms with Crippen molar-refractivity contribution in [3.8, 4) is 0 Å². The summed E-state index contributed by atoms with van der Waals surface area (Å²) in [6.07, 6.45) is 2.72. The molecule has 1 heterocycles. The average molecular weight is 289 g/mol. The standard InChI is InChI=1S/C18H27NO2/c1-13(2)18(15-8-6-5-7-9-15)19-14(3)10-11-16(19)12-17(20)21-4/h5-9,13-14,16,18H,10-12H2,1-4H3. The number of hydrogen-bond donors (Lipinski definition) is 0. The highest BCUT2D eigenvalue weighted by Gasteiger charge is 2.38. The number of esters is 1. The molecule has 1 aliphatic heterocycles. The van der Waals surface area contributed by atoms with Gasteiger partial charge in [-0.05, 0) is 31.2 Å². The van der Waals surface area contributed by atoms with Crippen LogP contribution >= 0.6 is 0 Å². The van der Waals surface area contributed by atoms with Crippen molar-refractivity contribution in [2.75, 3.05) is 7.11 Å². The molecule has 3 atom stereocenters. The number of nitrogens with zero attached hydrogens (tertiary/aromatic N) is 1. The van der Waals surface area contributed by atoms with Crippen molar-refractivity contribution < 1.29 is 9.53 Å². The van der Waals surface area contributed by atoms with Gasteiger partial charge in [0.1, 0.15) is 0 Å². The van der Waals surface area contributed by atoms with Crippen molar-refractivity contribution in [2.45, 2.75) is 58.2 Å². The van der Waals surface area contributed by atoms with Gasteiger partial charge in [-0.2, -0.15) is 0 Å². The highest BCUT2D eigenvalue weighted by atomic mass is 16.5. The van der Waals surface area contributed by atoms with Crippen LogP contribution in [0.25, 0.3) is 0 Å². The third-order valence-electron chi connectivity index (χ3n) is 4.57. The van der Waals surface area contributed by atoms with E-state index in [0.29, 0.717) is 30.5 Å². The Morgan fingerprint density at radius 1 is 1.29 bits per heavy atom. The van der Waals surface area contributed by atoms with Crippen LogP contribution in [0.1, 0.15) is 51.6 Å². The molecule has 1 fully saturated rings. The van der Waals surface area contributed by atoms with E-state index < -0.39 is 0 Å². The van der Waals surface area contributed by atoms with Crippen molar-refractivity contribution in [3.63, 3.8) is 0 Å². The minimum absolute atomic E-state index is 0.102. The monoisotopic (exact) mass is 289 g/mol. The number of hydrogen-bond acceptors (Lipinski definition) is 3. The van der Waals surface area contributed by atoms with Gasteiger partial charge in [-0.25, -0.2) is 0 Å². The molecule has 0 saturated carbocycles. The molecule has 0 aliphatic carbocycles. The van der Waals surface area contributed by atoms with Gasteiger partial charge in [0.25, 0.3) is 0 Å². The van der Waals surface area contributed by atoms with Crippen LogP contribution in [-0.2, 0) is 9.53 Å². The summed E-state index contributed by atoms with van der Waals surface area (Å²) in [4.78, 5) is 14.2. The number of benzene rings is 1. The van der Waals surface area contributed by atoms with Gasteiger partial charge >= 0.3 is 5.97 Å². The first kappa shape index (κ1) is 16.0. The molecule has 0 N–H and O–H groups in total. The van der Waals surface area contributed by atoms with Crippen LogP contribution in [0.2, 0.25) is 0 Å². The maximum absolute atomic E-state index is 11.7. The molecule has 3 unspecified atom stereocenters. The first-order chi connectivity index (χ1) is 10.0. The number of methoxy groups -OCH3 is 1. The van der Waals surface area contributed by atoms with E-state index in [-0.39, 0.29) is 5.97 Å². The molecular formula is C18H27NO2. The van der Waals surface area contributed by atoms with Crippen molar-refractivity contribution in [1.82, 2.24) is 4.90 Å². The summed E-state index contributed by atoms with van der Waals surface area (Å²) < 4.78 is 4.88. The Labute approximate surface area is 128 Å². The summed E-state index contributed by atoms with van der Waals surface area (Å²) in [5.74, 6) is 0.405. The molecule has 3 nitrogen and oxygen atoms in total. The second-order valence-electron chi connectivity index (χ2n) is 6.41. The number of carbonyl (C=O) groups is 1. The van der Waals surface area contributed by atoms with E-state index in [9.17, 15) is 4.79 Å². The maximum Gasteiger partial charge on any atom is 0.307 e. The van der Waals surface area contributed by atoms with E-state index in [2.05, 4.69) is 56.0 Å². The lowest BCUT2D eigenvalue weighted by Crippen LogP contribution is -2.41. The lowest BCUT2D eigenvalue weighted by Gasteiger charge is -2.38. The van der Waals surface area contributed by atoms with E-state index in [1.165, 1.54) is 12.7 Å². The number of carbonyl (C=O) groups excluding carboxylic acids is 1. The molecule has 1 aliphatic rings. The Hall–Kier alpha value is -1.35. The second kappa shape index (κ2) is 7.08. The molecule has 0 radical (unpaired) electrons. The van der Waals surface area contributed by atoms with Crippen molar-refractivity contribution in [3.05, 3.63) is 35.9 Å². The topological polar surface area (TPSA) is 29.5 Å². The fourth-order valence-corrected chi connectivity index (χ4v) is 3.63. The smallest absolute Gasteiger partial charge is 0.307 e. The van der Waals surface area contributed by atoms with Crippen molar-refractivity contribution >= 4 is 5.97 Å². The van der Waals surface area contributed by atoms with Crippen LogP contribution in [0.4, 0.5) is 0 Å². The Balaban J connectivity index is 2.26. The van der Waals surface area contributed by atoms with E-state index in [1.54, 1.807) is 0 Å². The van der Waals surface area contributed by atoms with E-state index in [0.717, 1.165) is 12.8 Å². The SMILES string of the molecule is COC(=O)CC1CCC(C)N1C(c1ccccc1)C(C)C. The summed E-state index contributed by atoms with van der Waals surface area (Å²) in [6.45, 7) is 6.80. The number of likely N-dealkylation sites (tertiary alicyclic amines) is 1. The molecule has 1 aromatic carbocycles. The van der Waals surface area contributed by atoms with Crippen LogP contribution in [0.3, 0.4) is 0 Å². The fraction of sp³-hybridized carbons (Fsp3) is 0.611. The summed E-state index contributed by atoms with van der Waals surface area (Å²) in [6, 6.07) is 11.8. The minimum Gasteiger partial charge on any atom is -0.469 e. The van der Waals surface area contributed by atoms with E-state index in [4.69, 9.17) is 4.74 Å². The molecule has 0 amide bonds. The summed E-state index contributed by atoms with van der Waals surface area (Å²) in [5, 5.41) is 0. The van der Waals surface area contributed by atoms with Gasteiger partial charge in [0.2, 0.25) is 0 Å². The molecule has 0 aromatic heterocycles. The predicted molar refractivity (Wildman–Crippen MR) is 85.0 cm³/mol. The zero-order valence-corrected chi connectivity index (χ0v) is 13.6. The Bertz CT molecular complexity index is 458. The summed E-state index contributed by atoms with van der Waals surface area (Å²) in [5.41, 5.74) is 1.34. The van der Waals surface area contributed by atoms with Crippen LogP contribution in [0.15, 0.2) is 30.3 Å². The van der Waals surface area contributed by atoms with Crippen LogP contribution in [-0.4, -0.2) is 30.1 Å². The molecule has 2 rings (SSSR count). The lowest BCUT2D eigenvalue weighted by atomic mass is 9.92. The Morgan fingerprint density at radius 2 is 1.95 bits per heavy atom. The lowest BCUT2D eigenvalue weighted by molar-refractivity contribution is -0.142. The van der Waals surface area contributed by atoms with Crippen LogP contribution < -0.4 is 0 Å². The van der Waals surface area contributed by atoms with Gasteiger partial charge in [0.05, 0.1) is 13.5 Å². The third-order valence-corrected chi connectivity index (χ3v) is 4.57. The Kier molecular flexibility index (Phi) is 5.40. The van der Waals surface area contributed by atoms with Crippen LogP contribution in [0, 0.1) is 5.92 Å². The fourth-order valence-electron chi connectivity index (χ4n) is 3.63. The first-order valence-electron chi connectivity index (χ1n) is 7.93. The predicted octanol–water partition coefficient (Wildman–Crippen LogP) is 3.80. The van der Waals surface area contributed by atoms with Crippen molar-refractivity contribution in [2.24, 2.45) is 5.92 Å². The highest BCUT2D eigenvalue weighted by Crippen LogP contribution is 2.39. The molecular weight excluding hydrogens is 262 g/mol. The normalized spacial score (nSPS) is 24.2. The maximum atomic E-state index is 11.7. The largest absolute Gasteiger partial charge is 0.469 e.